The number of amides is 1. The average molecular weight is 336 g/mol. The molecule has 2 aromatic heterocycles. The van der Waals surface area contributed by atoms with Crippen LogP contribution in [0.1, 0.15) is 17.7 Å². The number of hydrogen-bond donors (Lipinski definition) is 1. The molecule has 23 heavy (non-hydrogen) atoms. The summed E-state index contributed by atoms with van der Waals surface area (Å²) >= 11 is 0. The van der Waals surface area contributed by atoms with E-state index < -0.39 is 10.0 Å². The summed E-state index contributed by atoms with van der Waals surface area (Å²) in [4.78, 5) is 18.5. The van der Waals surface area contributed by atoms with Gasteiger partial charge in [0.15, 0.2) is 0 Å². The van der Waals surface area contributed by atoms with Gasteiger partial charge in [0.2, 0.25) is 15.9 Å². The minimum absolute atomic E-state index is 0.00905. The zero-order valence-corrected chi connectivity index (χ0v) is 13.8. The minimum atomic E-state index is -3.49. The summed E-state index contributed by atoms with van der Waals surface area (Å²) in [7, 11) is -3.49. The molecule has 1 aliphatic heterocycles. The third-order valence-electron chi connectivity index (χ3n) is 4.25. The number of likely N-dealkylation sites (tertiary alicyclic amines) is 1. The Hall–Kier alpha value is -1.93. The van der Waals surface area contributed by atoms with Crippen molar-refractivity contribution in [2.24, 2.45) is 11.1 Å². The van der Waals surface area contributed by atoms with Gasteiger partial charge in [-0.25, -0.2) is 18.5 Å². The Labute approximate surface area is 135 Å². The maximum Gasteiger partial charge on any atom is 0.228 e. The molecule has 0 bridgehead atoms. The number of imidazole rings is 1. The van der Waals surface area contributed by atoms with Crippen LogP contribution in [0, 0.1) is 12.8 Å². The first kappa shape index (κ1) is 15.9. The van der Waals surface area contributed by atoms with Gasteiger partial charge < -0.3 is 9.30 Å². The molecule has 1 fully saturated rings. The van der Waals surface area contributed by atoms with Crippen molar-refractivity contribution in [3.05, 3.63) is 35.8 Å². The van der Waals surface area contributed by atoms with Gasteiger partial charge in [-0.3, -0.25) is 4.79 Å². The van der Waals surface area contributed by atoms with Crippen molar-refractivity contribution in [3.63, 3.8) is 0 Å². The molecule has 0 spiro atoms. The lowest BCUT2D eigenvalue weighted by molar-refractivity contribution is -0.129. The number of sulfonamides is 1. The molecule has 3 rings (SSSR count). The summed E-state index contributed by atoms with van der Waals surface area (Å²) in [5, 5.41) is 5.08. The third-order valence-corrected chi connectivity index (χ3v) is 5.18. The number of aromatic nitrogens is 2. The molecule has 2 N–H and O–H groups in total. The number of hydrogen-bond acceptors (Lipinski definition) is 4. The predicted molar refractivity (Wildman–Crippen MR) is 86.3 cm³/mol. The highest BCUT2D eigenvalue weighted by Crippen LogP contribution is 2.19. The van der Waals surface area contributed by atoms with Crippen LogP contribution in [0.3, 0.4) is 0 Å². The summed E-state index contributed by atoms with van der Waals surface area (Å²) in [6.45, 7) is 3.01. The molecule has 1 saturated heterocycles. The second kappa shape index (κ2) is 5.93. The molecular formula is C15H20N4O3S. The van der Waals surface area contributed by atoms with E-state index in [0.29, 0.717) is 19.5 Å². The normalized spacial score (nSPS) is 18.7. The van der Waals surface area contributed by atoms with Crippen LogP contribution < -0.4 is 5.14 Å². The van der Waals surface area contributed by atoms with Gasteiger partial charge in [-0.2, -0.15) is 0 Å². The fourth-order valence-corrected chi connectivity index (χ4v) is 4.05. The lowest BCUT2D eigenvalue weighted by Gasteiger charge is -2.16. The Kier molecular flexibility index (Phi) is 4.11. The van der Waals surface area contributed by atoms with Crippen molar-refractivity contribution in [1.29, 1.82) is 0 Å². The molecule has 1 unspecified atom stereocenters. The van der Waals surface area contributed by atoms with Crippen LogP contribution in [0.25, 0.3) is 5.65 Å². The van der Waals surface area contributed by atoms with Crippen molar-refractivity contribution < 1.29 is 13.2 Å². The molecular weight excluding hydrogens is 316 g/mol. The minimum Gasteiger partial charge on any atom is -0.342 e. The zero-order chi connectivity index (χ0) is 16.6. The zero-order valence-electron chi connectivity index (χ0n) is 13.0. The first-order valence-corrected chi connectivity index (χ1v) is 9.25. The van der Waals surface area contributed by atoms with Gasteiger partial charge in [0, 0.05) is 25.5 Å². The third kappa shape index (κ3) is 3.53. The highest BCUT2D eigenvalue weighted by molar-refractivity contribution is 7.89. The van der Waals surface area contributed by atoms with Gasteiger partial charge in [-0.05, 0) is 30.9 Å². The number of nitrogens with zero attached hydrogens (tertiary/aromatic N) is 3. The fourth-order valence-electron chi connectivity index (χ4n) is 3.12. The lowest BCUT2D eigenvalue weighted by atomic mass is 10.2. The van der Waals surface area contributed by atoms with E-state index in [4.69, 9.17) is 5.14 Å². The molecule has 2 aromatic rings. The Bertz CT molecular complexity index is 844. The Morgan fingerprint density at radius 3 is 3.00 bits per heavy atom. The Morgan fingerprint density at radius 1 is 1.48 bits per heavy atom. The molecule has 1 amide bonds. The lowest BCUT2D eigenvalue weighted by Crippen LogP contribution is -2.32. The van der Waals surface area contributed by atoms with Gasteiger partial charge in [0.25, 0.3) is 0 Å². The van der Waals surface area contributed by atoms with E-state index in [0.717, 1.165) is 16.9 Å². The van der Waals surface area contributed by atoms with Crippen molar-refractivity contribution in [3.8, 4) is 0 Å². The van der Waals surface area contributed by atoms with Crippen LogP contribution >= 0.6 is 0 Å². The number of aryl methyl sites for hydroxylation is 1. The van der Waals surface area contributed by atoms with E-state index in [1.54, 1.807) is 11.1 Å². The Balaban J connectivity index is 1.69. The van der Waals surface area contributed by atoms with Crippen molar-refractivity contribution in [2.45, 2.75) is 19.8 Å². The summed E-state index contributed by atoms with van der Waals surface area (Å²) in [5.74, 6) is -0.144. The summed E-state index contributed by atoms with van der Waals surface area (Å²) in [6, 6.07) is 3.91. The van der Waals surface area contributed by atoms with Crippen molar-refractivity contribution in [2.75, 3.05) is 18.8 Å². The van der Waals surface area contributed by atoms with E-state index >= 15 is 0 Å². The summed E-state index contributed by atoms with van der Waals surface area (Å²) in [6.07, 6.45) is 4.55. The molecule has 3 heterocycles. The number of primary sulfonamides is 1. The fraction of sp³-hybridized carbons (Fsp3) is 0.467. The molecule has 124 valence electrons. The molecule has 0 aromatic carbocycles. The SMILES string of the molecule is Cc1cccn2c(CC(=O)N3CCC(CS(N)(=O)=O)C3)cnc12. The van der Waals surface area contributed by atoms with E-state index in [1.165, 1.54) is 0 Å². The van der Waals surface area contributed by atoms with Crippen molar-refractivity contribution >= 4 is 21.6 Å². The molecule has 1 aliphatic rings. The molecule has 0 radical (unpaired) electrons. The van der Waals surface area contributed by atoms with E-state index in [1.807, 2.05) is 29.7 Å². The number of carbonyl (C=O) groups excluding carboxylic acids is 1. The van der Waals surface area contributed by atoms with Gasteiger partial charge >= 0.3 is 0 Å². The van der Waals surface area contributed by atoms with Crippen LogP contribution in [0.2, 0.25) is 0 Å². The summed E-state index contributed by atoms with van der Waals surface area (Å²) < 4.78 is 24.2. The number of carbonyl (C=O) groups is 1. The van der Waals surface area contributed by atoms with Crippen LogP contribution in [0.5, 0.6) is 0 Å². The molecule has 1 atom stereocenters. The molecule has 0 saturated carbocycles. The average Bonchev–Trinajstić information content (AvgIpc) is 3.05. The van der Waals surface area contributed by atoms with Gasteiger partial charge in [-0.1, -0.05) is 6.07 Å². The summed E-state index contributed by atoms with van der Waals surface area (Å²) in [5.41, 5.74) is 2.74. The van der Waals surface area contributed by atoms with Crippen LogP contribution in [-0.4, -0.2) is 47.5 Å². The first-order valence-electron chi connectivity index (χ1n) is 7.53. The smallest absolute Gasteiger partial charge is 0.228 e. The standard InChI is InChI=1S/C15H20N4O3S/c1-11-3-2-5-19-13(8-17-15(11)19)7-14(20)18-6-4-12(9-18)10-23(16,21)22/h2-3,5,8,12H,4,6-7,9-10H2,1H3,(H2,16,21,22). The highest BCUT2D eigenvalue weighted by atomic mass is 32.2. The van der Waals surface area contributed by atoms with Crippen LogP contribution in [-0.2, 0) is 21.2 Å². The quantitative estimate of drug-likeness (QED) is 0.869. The Morgan fingerprint density at radius 2 is 2.26 bits per heavy atom. The van der Waals surface area contributed by atoms with Gasteiger partial charge in [0.1, 0.15) is 5.65 Å². The maximum absolute atomic E-state index is 12.5. The molecule has 0 aliphatic carbocycles. The number of nitrogens with two attached hydrogens (primary N) is 1. The molecule has 8 heteroatoms. The maximum atomic E-state index is 12.5. The topological polar surface area (TPSA) is 97.8 Å². The predicted octanol–water partition coefficient (Wildman–Crippen LogP) is 0.322. The number of rotatable bonds is 4. The second-order valence-corrected chi connectivity index (χ2v) is 7.79. The van der Waals surface area contributed by atoms with Crippen LogP contribution in [0.4, 0.5) is 0 Å². The largest absolute Gasteiger partial charge is 0.342 e. The van der Waals surface area contributed by atoms with E-state index in [2.05, 4.69) is 4.98 Å². The van der Waals surface area contributed by atoms with E-state index in [9.17, 15) is 13.2 Å². The van der Waals surface area contributed by atoms with E-state index in [-0.39, 0.29) is 24.0 Å². The first-order chi connectivity index (χ1) is 10.8. The second-order valence-electron chi connectivity index (χ2n) is 6.14. The highest BCUT2D eigenvalue weighted by Gasteiger charge is 2.29. The van der Waals surface area contributed by atoms with Crippen molar-refractivity contribution in [1.82, 2.24) is 14.3 Å². The van der Waals surface area contributed by atoms with Crippen LogP contribution in [0.15, 0.2) is 24.5 Å². The van der Waals surface area contributed by atoms with Gasteiger partial charge in [-0.15, -0.1) is 0 Å². The van der Waals surface area contributed by atoms with Gasteiger partial charge in [0.05, 0.1) is 17.9 Å². The number of fused-ring (bicyclic) bond motifs is 1. The monoisotopic (exact) mass is 336 g/mol. The molecule has 7 nitrogen and oxygen atoms in total. The number of pyridine rings is 1.